The average Bonchev–Trinajstić information content (AvgIpc) is 1.05. The molecule has 0 bridgehead atoms. The SMILES string of the molecule is CC/C=C\C/C=C\C/C=C\C/C=C\C/C=C\C/C=C\C/C=C\CCCCCCCCCC(=O)NC(COC1OC(CO)C(OC2OC(CO)C(OC3OC(CO)C(O)C(O)C3O)C(O)C2O)C(O)C1O)C(O)CCCCCCCCCCCCCCCCCC. The lowest BCUT2D eigenvalue weighted by molar-refractivity contribution is -0.379. The molecule has 0 aromatic heterocycles. The highest BCUT2D eigenvalue weighted by atomic mass is 16.8. The monoisotopic (exact) mass is 1280 g/mol. The molecule has 3 rings (SSSR count). The molecule has 3 saturated heterocycles. The van der Waals surface area contributed by atoms with Gasteiger partial charge in [-0.25, -0.2) is 0 Å². The minimum Gasteiger partial charge on any atom is -0.394 e. The maximum absolute atomic E-state index is 13.4. The van der Waals surface area contributed by atoms with Gasteiger partial charge in [0.15, 0.2) is 18.9 Å². The van der Waals surface area contributed by atoms with Crippen molar-refractivity contribution in [1.82, 2.24) is 5.32 Å². The summed E-state index contributed by atoms with van der Waals surface area (Å²) < 4.78 is 34.4. The largest absolute Gasteiger partial charge is 0.394 e. The van der Waals surface area contributed by atoms with Crippen molar-refractivity contribution in [2.45, 2.75) is 330 Å². The van der Waals surface area contributed by atoms with Crippen LogP contribution in [-0.4, -0.2) is 193 Å². The lowest BCUT2D eigenvalue weighted by Gasteiger charge is -2.48. The molecule has 17 atom stereocenters. The second-order valence-electron chi connectivity index (χ2n) is 24.6. The van der Waals surface area contributed by atoms with E-state index >= 15 is 0 Å². The highest BCUT2D eigenvalue weighted by Crippen LogP contribution is 2.33. The number of aliphatic hydroxyl groups is 11. The number of rotatable bonds is 52. The Morgan fingerprint density at radius 3 is 1.20 bits per heavy atom. The van der Waals surface area contributed by atoms with Gasteiger partial charge in [-0.05, 0) is 70.6 Å². The highest BCUT2D eigenvalue weighted by molar-refractivity contribution is 5.76. The van der Waals surface area contributed by atoms with E-state index in [0.29, 0.717) is 12.8 Å². The molecule has 3 heterocycles. The molecule has 19 nitrogen and oxygen atoms in total. The van der Waals surface area contributed by atoms with Crippen molar-refractivity contribution in [1.29, 1.82) is 0 Å². The summed E-state index contributed by atoms with van der Waals surface area (Å²) in [6.45, 7) is 1.67. The highest BCUT2D eigenvalue weighted by Gasteiger charge is 2.53. The van der Waals surface area contributed by atoms with Crippen LogP contribution in [0.25, 0.3) is 0 Å². The molecule has 3 aliphatic rings. The van der Waals surface area contributed by atoms with Crippen LogP contribution >= 0.6 is 0 Å². The van der Waals surface area contributed by atoms with Crippen LogP contribution in [0.5, 0.6) is 0 Å². The number of allylic oxidation sites excluding steroid dienone is 14. The van der Waals surface area contributed by atoms with Crippen LogP contribution in [0.4, 0.5) is 0 Å². The lowest BCUT2D eigenvalue weighted by Crippen LogP contribution is -2.66. The standard InChI is InChI=1S/C71H123NO18/c1-3-5-7-9-11-13-15-17-19-21-22-23-24-25-26-27-28-29-30-31-32-33-35-37-39-41-43-45-47-49-59(77)72-54(55(76)48-46-44-42-40-38-36-34-20-18-16-14-12-10-8-6-4-2)53-85-69-65(83)62(80)67(57(51-74)87-69)90-71-66(84)63(81)68(58(52-75)88-71)89-70-64(82)61(79)60(78)56(50-73)86-70/h5,7,11,13,17,19,22-23,25-26,28-29,31-32,54-58,60-71,73-76,78-84H,3-4,6,8-10,12,14-16,18,20-21,24,27,30,33-53H2,1-2H3,(H,72,77)/b7-5-,13-11-,19-17-,23-22-,26-25-,29-28-,32-31-. The maximum atomic E-state index is 13.4. The summed E-state index contributed by atoms with van der Waals surface area (Å²) in [5, 5.41) is 121. The van der Waals surface area contributed by atoms with Crippen LogP contribution in [0, 0.1) is 0 Å². The Morgan fingerprint density at radius 2 is 0.767 bits per heavy atom. The minimum absolute atomic E-state index is 0.248. The number of amides is 1. The fraction of sp³-hybridized carbons (Fsp3) is 0.789. The van der Waals surface area contributed by atoms with Crippen molar-refractivity contribution in [3.63, 3.8) is 0 Å². The fourth-order valence-corrected chi connectivity index (χ4v) is 11.4. The molecule has 3 aliphatic heterocycles. The number of hydrogen-bond donors (Lipinski definition) is 12. The number of aliphatic hydroxyl groups excluding tert-OH is 11. The van der Waals surface area contributed by atoms with Crippen molar-refractivity contribution in [2.75, 3.05) is 26.4 Å². The summed E-state index contributed by atoms with van der Waals surface area (Å²) in [6.07, 6.45) is 39.3. The molecule has 0 radical (unpaired) electrons. The Labute approximate surface area is 540 Å². The number of hydrogen-bond acceptors (Lipinski definition) is 18. The number of carbonyl (C=O) groups excluding carboxylic acids is 1. The molecule has 1 amide bonds. The first kappa shape index (κ1) is 81.2. The smallest absolute Gasteiger partial charge is 0.220 e. The zero-order chi connectivity index (χ0) is 65.4. The van der Waals surface area contributed by atoms with Crippen molar-refractivity contribution < 1.29 is 89.4 Å². The summed E-state index contributed by atoms with van der Waals surface area (Å²) in [5.41, 5.74) is 0. The molecule has 12 N–H and O–H groups in total. The summed E-state index contributed by atoms with van der Waals surface area (Å²) in [7, 11) is 0. The fourth-order valence-electron chi connectivity index (χ4n) is 11.4. The number of nitrogens with one attached hydrogen (secondary N) is 1. The van der Waals surface area contributed by atoms with E-state index in [1.165, 1.54) is 77.0 Å². The summed E-state index contributed by atoms with van der Waals surface area (Å²) >= 11 is 0. The molecule has 3 fully saturated rings. The Morgan fingerprint density at radius 1 is 0.411 bits per heavy atom. The zero-order valence-corrected chi connectivity index (χ0v) is 54.8. The maximum Gasteiger partial charge on any atom is 0.220 e. The first-order valence-corrected chi connectivity index (χ1v) is 34.8. The van der Waals surface area contributed by atoms with Crippen LogP contribution in [0.15, 0.2) is 85.1 Å². The van der Waals surface area contributed by atoms with Gasteiger partial charge in [-0.2, -0.15) is 0 Å². The van der Waals surface area contributed by atoms with Gasteiger partial charge in [0.1, 0.15) is 73.2 Å². The normalized spacial score (nSPS) is 28.6. The molecule has 520 valence electrons. The van der Waals surface area contributed by atoms with Crippen molar-refractivity contribution in [3.05, 3.63) is 85.1 Å². The topological polar surface area (TPSA) is 307 Å². The third kappa shape index (κ3) is 33.9. The van der Waals surface area contributed by atoms with Crippen molar-refractivity contribution in [3.8, 4) is 0 Å². The van der Waals surface area contributed by atoms with E-state index < -0.39 is 124 Å². The van der Waals surface area contributed by atoms with Crippen LogP contribution < -0.4 is 5.32 Å². The number of ether oxygens (including phenoxy) is 6. The van der Waals surface area contributed by atoms with Crippen molar-refractivity contribution in [2.24, 2.45) is 0 Å². The quantitative estimate of drug-likeness (QED) is 0.0200. The number of carbonyl (C=O) groups is 1. The van der Waals surface area contributed by atoms with Gasteiger partial charge >= 0.3 is 0 Å². The molecular formula is C71H123NO18. The minimum atomic E-state index is -1.98. The van der Waals surface area contributed by atoms with Crippen LogP contribution in [0.2, 0.25) is 0 Å². The molecule has 0 saturated carbocycles. The van der Waals surface area contributed by atoms with E-state index in [2.05, 4.69) is 104 Å². The molecule has 0 spiro atoms. The van der Waals surface area contributed by atoms with E-state index in [1.807, 2.05) is 0 Å². The molecule has 0 aliphatic carbocycles. The van der Waals surface area contributed by atoms with Crippen LogP contribution in [0.3, 0.4) is 0 Å². The second kappa shape index (κ2) is 52.3. The van der Waals surface area contributed by atoms with Gasteiger partial charge in [0.25, 0.3) is 0 Å². The summed E-state index contributed by atoms with van der Waals surface area (Å²) in [5.74, 6) is -0.257. The van der Waals surface area contributed by atoms with Gasteiger partial charge in [0, 0.05) is 6.42 Å². The molecule has 0 aromatic rings. The molecule has 19 heteroatoms. The van der Waals surface area contributed by atoms with E-state index in [9.17, 15) is 61.0 Å². The average molecular weight is 1280 g/mol. The van der Waals surface area contributed by atoms with E-state index in [4.69, 9.17) is 28.4 Å². The molecular weight excluding hydrogens is 1150 g/mol. The van der Waals surface area contributed by atoms with Gasteiger partial charge in [-0.15, -0.1) is 0 Å². The second-order valence-corrected chi connectivity index (χ2v) is 24.6. The Balaban J connectivity index is 1.42. The first-order valence-electron chi connectivity index (χ1n) is 34.8. The zero-order valence-electron chi connectivity index (χ0n) is 54.8. The molecule has 17 unspecified atom stereocenters. The predicted octanol–water partition coefficient (Wildman–Crippen LogP) is 9.10. The third-order valence-electron chi connectivity index (χ3n) is 17.0. The Hall–Kier alpha value is -3.03. The van der Waals surface area contributed by atoms with Crippen molar-refractivity contribution >= 4 is 5.91 Å². The van der Waals surface area contributed by atoms with Gasteiger partial charge in [0.05, 0.1) is 38.6 Å². The summed E-state index contributed by atoms with van der Waals surface area (Å²) in [4.78, 5) is 13.4. The summed E-state index contributed by atoms with van der Waals surface area (Å²) in [6, 6.07) is -0.899. The predicted molar refractivity (Wildman–Crippen MR) is 351 cm³/mol. The van der Waals surface area contributed by atoms with Crippen LogP contribution in [-0.2, 0) is 33.2 Å². The van der Waals surface area contributed by atoms with Gasteiger partial charge < -0.3 is 89.9 Å². The molecule has 0 aromatic carbocycles. The Bertz CT molecular complexity index is 1960. The van der Waals surface area contributed by atoms with Gasteiger partial charge in [-0.1, -0.05) is 234 Å². The Kier molecular flexibility index (Phi) is 47.2. The first-order chi connectivity index (χ1) is 43.8. The number of unbranched alkanes of at least 4 members (excludes halogenated alkanes) is 22. The molecule has 90 heavy (non-hydrogen) atoms. The lowest BCUT2D eigenvalue weighted by atomic mass is 9.96. The van der Waals surface area contributed by atoms with E-state index in [1.54, 1.807) is 0 Å². The third-order valence-corrected chi connectivity index (χ3v) is 17.0. The van der Waals surface area contributed by atoms with Gasteiger partial charge in [0.2, 0.25) is 5.91 Å². The van der Waals surface area contributed by atoms with E-state index in [-0.39, 0.29) is 18.9 Å². The van der Waals surface area contributed by atoms with Crippen LogP contribution in [0.1, 0.15) is 226 Å². The van der Waals surface area contributed by atoms with E-state index in [0.717, 1.165) is 116 Å². The van der Waals surface area contributed by atoms with Gasteiger partial charge in [-0.3, -0.25) is 4.79 Å².